The molecule has 0 spiro atoms. The fourth-order valence-corrected chi connectivity index (χ4v) is 19.5. The molecule has 6 heterocycles. The van der Waals surface area contributed by atoms with Crippen molar-refractivity contribution in [3.63, 3.8) is 0 Å². The number of aromatic nitrogens is 9. The number of furan rings is 3. The van der Waals surface area contributed by atoms with E-state index < -0.39 is 0 Å². The molecular weight excluding hydrogens is 1700 g/mol. The van der Waals surface area contributed by atoms with Crippen molar-refractivity contribution in [3.8, 4) is 136 Å². The van der Waals surface area contributed by atoms with Crippen molar-refractivity contribution in [1.29, 1.82) is 0 Å². The highest BCUT2D eigenvalue weighted by Crippen LogP contribution is 2.44. The third-order valence-corrected chi connectivity index (χ3v) is 26.5. The third kappa shape index (κ3) is 15.3. The molecule has 0 N–H and O–H groups in total. The second-order valence-electron chi connectivity index (χ2n) is 35.0. The highest BCUT2D eigenvalue weighted by Gasteiger charge is 2.23. The van der Waals surface area contributed by atoms with Crippen LogP contribution in [-0.4, -0.2) is 44.9 Å². The van der Waals surface area contributed by atoms with E-state index in [9.17, 15) is 0 Å². The summed E-state index contributed by atoms with van der Waals surface area (Å²) >= 11 is 0. The molecule has 12 nitrogen and oxygen atoms in total. The van der Waals surface area contributed by atoms with Crippen LogP contribution >= 0.6 is 0 Å². The first-order chi connectivity index (χ1) is 68.8. The Balaban J connectivity index is 0.000000108. The van der Waals surface area contributed by atoms with Crippen LogP contribution in [0.4, 0.5) is 0 Å². The van der Waals surface area contributed by atoms with E-state index in [1.54, 1.807) is 0 Å². The first-order valence-electron chi connectivity index (χ1n) is 46.5. The number of hydrogen-bond acceptors (Lipinski definition) is 12. The standard InChI is InChI=1S/C45H27N3O.2C41H25N3O/c1-3-11-30-25-33(19-17-28(30)9-1)43-46-44(34-20-18-29-10-2-4-12-31(29)26-34)48-45(47-43)39-23-22-35(36-13-5-6-14-37(36)39)32-21-24-42-40(27-32)38-15-7-8-16-41(38)49-42;1-3-9-30-23-33(19-15-26(30)7-1)40-42-39(43-41(44-40)34-20-16-27-8-2-4-10-31(27)24-34)29-17-13-28(14-18-29)32-21-22-38-36(25-32)35-11-5-6-12-37(35)45-38;1-2-11-27(12-3-1)39-42-40(30-19-18-26-10-4-5-13-28(26)24-30)44-41(43-39)35-22-21-31(32-14-6-7-15-33(32)35)29-20-23-38-36(25-29)34-16-8-9-17-37(34)45-38/h1-27H;2*1-25H. The zero-order chi connectivity index (χ0) is 91.8. The van der Waals surface area contributed by atoms with Crippen molar-refractivity contribution >= 4 is 141 Å². The van der Waals surface area contributed by atoms with Gasteiger partial charge in [-0.15, -0.1) is 0 Å². The molecule has 0 saturated heterocycles. The highest BCUT2D eigenvalue weighted by molar-refractivity contribution is 6.13. The van der Waals surface area contributed by atoms with Crippen LogP contribution in [0.15, 0.2) is 480 Å². The maximum Gasteiger partial charge on any atom is 0.164 e. The molecule has 0 unspecified atom stereocenters. The van der Waals surface area contributed by atoms with Crippen LogP contribution in [0.25, 0.3) is 277 Å². The van der Waals surface area contributed by atoms with Gasteiger partial charge < -0.3 is 13.3 Å². The summed E-state index contributed by atoms with van der Waals surface area (Å²) in [5, 5.41) is 22.8. The van der Waals surface area contributed by atoms with Crippen molar-refractivity contribution in [2.24, 2.45) is 0 Å². The van der Waals surface area contributed by atoms with Gasteiger partial charge in [-0.25, -0.2) is 44.9 Å². The predicted molar refractivity (Wildman–Crippen MR) is 569 cm³/mol. The molecular formula is C127H77N9O3. The lowest BCUT2D eigenvalue weighted by atomic mass is 9.94. The molecule has 0 amide bonds. The van der Waals surface area contributed by atoms with E-state index in [0.717, 1.165) is 198 Å². The normalized spacial score (nSPS) is 11.6. The van der Waals surface area contributed by atoms with Crippen molar-refractivity contribution in [3.05, 3.63) is 467 Å². The summed E-state index contributed by atoms with van der Waals surface area (Å²) in [6, 6.07) is 162. The Morgan fingerprint density at radius 3 is 0.640 bits per heavy atom. The number of benzene rings is 22. The summed E-state index contributed by atoms with van der Waals surface area (Å²) in [6.45, 7) is 0. The van der Waals surface area contributed by atoms with Gasteiger partial charge in [0.2, 0.25) is 0 Å². The van der Waals surface area contributed by atoms with Crippen molar-refractivity contribution in [1.82, 2.24) is 44.9 Å². The molecule has 0 aliphatic carbocycles. The average molecular weight is 1780 g/mol. The van der Waals surface area contributed by atoms with Gasteiger partial charge in [0.05, 0.1) is 0 Å². The zero-order valence-corrected chi connectivity index (χ0v) is 74.7. The molecule has 0 bridgehead atoms. The summed E-state index contributed by atoms with van der Waals surface area (Å²) in [5.41, 5.74) is 20.7. The van der Waals surface area contributed by atoms with Crippen LogP contribution in [0.2, 0.25) is 0 Å². The highest BCUT2D eigenvalue weighted by atomic mass is 16.3. The SMILES string of the molecule is c1ccc(-c2nc(-c3ccc4ccccc4c3)nc(-c3ccc(-c4ccc5oc6ccccc6c5c4)c4ccccc34)n2)cc1.c1ccc2cc(-c3nc(-c4ccc(-c5ccc6oc7ccccc7c6c5)cc4)nc(-c4ccc5ccccc5c4)n3)ccc2c1.c1ccc2cc(-c3nc(-c4ccc5ccccc5c4)nc(-c4ccc(-c5ccc6oc7ccccc7c6c5)c5ccccc45)n3)ccc2c1. The Hall–Kier alpha value is -18.9. The topological polar surface area (TPSA) is 155 Å². The number of nitrogens with zero attached hydrogens (tertiary/aromatic N) is 9. The number of rotatable bonds is 12. The summed E-state index contributed by atoms with van der Waals surface area (Å²) in [4.78, 5) is 45.5. The first kappa shape index (κ1) is 80.9. The maximum atomic E-state index is 6.13. The van der Waals surface area contributed by atoms with E-state index in [2.05, 4.69) is 394 Å². The van der Waals surface area contributed by atoms with E-state index >= 15 is 0 Å². The van der Waals surface area contributed by atoms with Crippen LogP contribution in [0.3, 0.4) is 0 Å². The molecule has 0 aliphatic rings. The Labute approximate surface area is 796 Å². The molecule has 6 aromatic heterocycles. The minimum Gasteiger partial charge on any atom is -0.456 e. The molecule has 0 fully saturated rings. The molecule has 0 aliphatic heterocycles. The van der Waals surface area contributed by atoms with Gasteiger partial charge in [0.1, 0.15) is 33.5 Å². The molecule has 648 valence electrons. The summed E-state index contributed by atoms with van der Waals surface area (Å²) < 4.78 is 18.3. The Kier molecular flexibility index (Phi) is 20.0. The maximum absolute atomic E-state index is 6.13. The summed E-state index contributed by atoms with van der Waals surface area (Å²) in [7, 11) is 0. The fourth-order valence-electron chi connectivity index (χ4n) is 19.5. The Morgan fingerprint density at radius 2 is 0.317 bits per heavy atom. The van der Waals surface area contributed by atoms with E-state index in [-0.39, 0.29) is 0 Å². The van der Waals surface area contributed by atoms with Gasteiger partial charge in [-0.2, -0.15) is 0 Å². The molecule has 0 saturated carbocycles. The summed E-state index contributed by atoms with van der Waals surface area (Å²) in [5.74, 6) is 5.80. The molecule has 28 aromatic rings. The molecule has 139 heavy (non-hydrogen) atoms. The molecule has 0 atom stereocenters. The average Bonchev–Trinajstić information content (AvgIpc) is 0.989. The molecule has 28 rings (SSSR count). The van der Waals surface area contributed by atoms with Crippen molar-refractivity contribution in [2.45, 2.75) is 0 Å². The number of para-hydroxylation sites is 3. The predicted octanol–water partition coefficient (Wildman–Crippen LogP) is 33.4. The lowest BCUT2D eigenvalue weighted by Gasteiger charge is -2.13. The van der Waals surface area contributed by atoms with E-state index in [1.807, 2.05) is 72.8 Å². The third-order valence-electron chi connectivity index (χ3n) is 26.5. The van der Waals surface area contributed by atoms with Gasteiger partial charge in [-0.1, -0.05) is 370 Å². The van der Waals surface area contributed by atoms with Gasteiger partial charge in [-0.3, -0.25) is 0 Å². The van der Waals surface area contributed by atoms with E-state index in [4.69, 9.17) is 58.1 Å². The fraction of sp³-hybridized carbons (Fsp3) is 0. The van der Waals surface area contributed by atoms with Gasteiger partial charge in [0, 0.05) is 82.4 Å². The minimum atomic E-state index is 0.638. The van der Waals surface area contributed by atoms with Gasteiger partial charge in [0.15, 0.2) is 52.4 Å². The van der Waals surface area contributed by atoms with Crippen LogP contribution in [0.1, 0.15) is 0 Å². The van der Waals surface area contributed by atoms with Gasteiger partial charge in [0.25, 0.3) is 0 Å². The lowest BCUT2D eigenvalue weighted by molar-refractivity contribution is 0.668. The van der Waals surface area contributed by atoms with Gasteiger partial charge >= 0.3 is 0 Å². The Morgan fingerprint density at radius 1 is 0.108 bits per heavy atom. The monoisotopic (exact) mass is 1780 g/mol. The second-order valence-corrected chi connectivity index (χ2v) is 35.0. The number of hydrogen-bond donors (Lipinski definition) is 0. The van der Waals surface area contributed by atoms with Crippen molar-refractivity contribution < 1.29 is 13.3 Å². The van der Waals surface area contributed by atoms with E-state index in [1.165, 1.54) is 26.9 Å². The lowest BCUT2D eigenvalue weighted by Crippen LogP contribution is -2.01. The largest absolute Gasteiger partial charge is 0.456 e. The van der Waals surface area contributed by atoms with Crippen LogP contribution in [-0.2, 0) is 0 Å². The van der Waals surface area contributed by atoms with Crippen LogP contribution in [0.5, 0.6) is 0 Å². The minimum absolute atomic E-state index is 0.638. The summed E-state index contributed by atoms with van der Waals surface area (Å²) in [6.07, 6.45) is 0. The number of fused-ring (bicyclic) bond motifs is 16. The van der Waals surface area contributed by atoms with Crippen LogP contribution < -0.4 is 0 Å². The van der Waals surface area contributed by atoms with Crippen molar-refractivity contribution in [2.75, 3.05) is 0 Å². The molecule has 22 aromatic carbocycles. The zero-order valence-electron chi connectivity index (χ0n) is 74.7. The van der Waals surface area contributed by atoms with E-state index in [0.29, 0.717) is 52.4 Å². The molecule has 0 radical (unpaired) electrons. The van der Waals surface area contributed by atoms with Gasteiger partial charge in [-0.05, 0) is 206 Å². The smallest absolute Gasteiger partial charge is 0.164 e. The van der Waals surface area contributed by atoms with Crippen LogP contribution in [0, 0.1) is 0 Å². The quantitative estimate of drug-likeness (QED) is 0.114. The Bertz CT molecular complexity index is 9580. The molecule has 12 heteroatoms. The first-order valence-corrected chi connectivity index (χ1v) is 46.5. The second kappa shape index (κ2) is 34.3.